The Morgan fingerprint density at radius 2 is 2.07 bits per heavy atom. The molecule has 0 N–H and O–H groups in total. The second-order valence-corrected chi connectivity index (χ2v) is 3.58. The summed E-state index contributed by atoms with van der Waals surface area (Å²) in [6, 6.07) is 5.71. The molecule has 1 aromatic rings. The smallest absolute Gasteiger partial charge is 0.324 e. The van der Waals surface area contributed by atoms with E-state index in [1.807, 2.05) is 0 Å². The van der Waals surface area contributed by atoms with E-state index >= 15 is 0 Å². The maximum Gasteiger partial charge on any atom is 0.324 e. The van der Waals surface area contributed by atoms with Crippen LogP contribution in [0.25, 0.3) is 0 Å². The molecule has 4 heteroatoms. The normalized spacial score (nSPS) is 12.2. The average Bonchev–Trinajstić information content (AvgIpc) is 2.18. The van der Waals surface area contributed by atoms with Crippen LogP contribution in [0.3, 0.4) is 0 Å². The molecule has 0 aliphatic heterocycles. The van der Waals surface area contributed by atoms with Gasteiger partial charge in [-0.3, -0.25) is 4.79 Å². The molecule has 1 rings (SSSR count). The molecular weight excluding hydrogens is 251 g/mol. The third-order valence-corrected chi connectivity index (χ3v) is 2.56. The fraction of sp³-hybridized carbons (Fsp3) is 0.300. The molecule has 0 aliphatic rings. The topological polar surface area (TPSA) is 26.3 Å². The number of esters is 1. The Balaban J connectivity index is 2.73. The molecular formula is C10H10BrFO2. The number of hydrogen-bond donors (Lipinski definition) is 0. The van der Waals surface area contributed by atoms with Gasteiger partial charge in [-0.25, -0.2) is 4.39 Å². The van der Waals surface area contributed by atoms with Crippen molar-refractivity contribution in [3.8, 4) is 0 Å². The summed E-state index contributed by atoms with van der Waals surface area (Å²) in [7, 11) is 0. The number of carbonyl (C=O) groups is 1. The summed E-state index contributed by atoms with van der Waals surface area (Å²) < 4.78 is 17.4. The van der Waals surface area contributed by atoms with E-state index in [4.69, 9.17) is 4.74 Å². The molecule has 0 saturated carbocycles. The third-order valence-electron chi connectivity index (χ3n) is 1.66. The van der Waals surface area contributed by atoms with E-state index in [9.17, 15) is 9.18 Å². The van der Waals surface area contributed by atoms with Gasteiger partial charge in [-0.15, -0.1) is 0 Å². The van der Waals surface area contributed by atoms with Gasteiger partial charge in [-0.1, -0.05) is 28.1 Å². The Labute approximate surface area is 90.2 Å². The molecule has 1 aromatic carbocycles. The van der Waals surface area contributed by atoms with Crippen LogP contribution in [0.1, 0.15) is 17.3 Å². The Bertz CT molecular complexity index is 310. The van der Waals surface area contributed by atoms with Crippen LogP contribution in [0.4, 0.5) is 4.39 Å². The summed E-state index contributed by atoms with van der Waals surface area (Å²) >= 11 is 3.18. The van der Waals surface area contributed by atoms with Gasteiger partial charge in [0.2, 0.25) is 0 Å². The minimum absolute atomic E-state index is 0.322. The summed E-state index contributed by atoms with van der Waals surface area (Å²) in [5, 5.41) is 0. The lowest BCUT2D eigenvalue weighted by molar-refractivity contribution is -0.142. The zero-order valence-corrected chi connectivity index (χ0v) is 9.25. The summed E-state index contributed by atoms with van der Waals surface area (Å²) in [6.07, 6.45) is 0. The lowest BCUT2D eigenvalue weighted by Gasteiger charge is -2.08. The van der Waals surface area contributed by atoms with Crippen molar-refractivity contribution in [2.75, 3.05) is 6.61 Å². The molecule has 0 bridgehead atoms. The molecule has 0 spiro atoms. The van der Waals surface area contributed by atoms with Crippen molar-refractivity contribution in [2.24, 2.45) is 0 Å². The molecule has 0 saturated heterocycles. The summed E-state index contributed by atoms with van der Waals surface area (Å²) in [6.45, 7) is 2.07. The minimum atomic E-state index is -0.525. The molecule has 0 heterocycles. The van der Waals surface area contributed by atoms with Gasteiger partial charge in [-0.2, -0.15) is 0 Å². The lowest BCUT2D eigenvalue weighted by atomic mass is 10.1. The van der Waals surface area contributed by atoms with E-state index in [-0.39, 0.29) is 11.8 Å². The maximum absolute atomic E-state index is 12.6. The van der Waals surface area contributed by atoms with Crippen molar-refractivity contribution in [1.82, 2.24) is 0 Å². The molecule has 0 radical (unpaired) electrons. The zero-order valence-electron chi connectivity index (χ0n) is 7.67. The van der Waals surface area contributed by atoms with E-state index in [0.717, 1.165) is 0 Å². The van der Waals surface area contributed by atoms with Crippen molar-refractivity contribution in [3.05, 3.63) is 35.6 Å². The van der Waals surface area contributed by atoms with Crippen LogP contribution in [-0.2, 0) is 9.53 Å². The second kappa shape index (κ2) is 5.10. The molecule has 14 heavy (non-hydrogen) atoms. The largest absolute Gasteiger partial charge is 0.465 e. The van der Waals surface area contributed by atoms with Gasteiger partial charge in [0, 0.05) is 0 Å². The van der Waals surface area contributed by atoms with Crippen LogP contribution in [-0.4, -0.2) is 12.6 Å². The second-order valence-electron chi connectivity index (χ2n) is 2.67. The van der Waals surface area contributed by atoms with Gasteiger partial charge in [0.25, 0.3) is 0 Å². The fourth-order valence-electron chi connectivity index (χ4n) is 0.983. The molecule has 0 aromatic heterocycles. The van der Waals surface area contributed by atoms with Crippen molar-refractivity contribution in [1.29, 1.82) is 0 Å². The van der Waals surface area contributed by atoms with Crippen molar-refractivity contribution >= 4 is 21.9 Å². The highest BCUT2D eigenvalue weighted by molar-refractivity contribution is 9.09. The highest BCUT2D eigenvalue weighted by Crippen LogP contribution is 2.24. The maximum atomic E-state index is 12.6. The van der Waals surface area contributed by atoms with Crippen LogP contribution in [0.5, 0.6) is 0 Å². The molecule has 1 atom stereocenters. The Morgan fingerprint density at radius 1 is 1.50 bits per heavy atom. The molecule has 0 amide bonds. The van der Waals surface area contributed by atoms with E-state index < -0.39 is 4.83 Å². The minimum Gasteiger partial charge on any atom is -0.465 e. The van der Waals surface area contributed by atoms with Crippen LogP contribution < -0.4 is 0 Å². The number of rotatable bonds is 3. The van der Waals surface area contributed by atoms with Crippen LogP contribution in [0, 0.1) is 5.82 Å². The highest BCUT2D eigenvalue weighted by Gasteiger charge is 2.17. The predicted molar refractivity (Wildman–Crippen MR) is 54.7 cm³/mol. The first-order valence-corrected chi connectivity index (χ1v) is 5.13. The Morgan fingerprint density at radius 3 is 2.57 bits per heavy atom. The van der Waals surface area contributed by atoms with E-state index in [0.29, 0.717) is 12.2 Å². The van der Waals surface area contributed by atoms with Crippen molar-refractivity contribution < 1.29 is 13.9 Å². The van der Waals surface area contributed by atoms with Crippen LogP contribution >= 0.6 is 15.9 Å². The standard InChI is InChI=1S/C10H10BrFO2/c1-2-14-10(13)9(11)7-3-5-8(12)6-4-7/h3-6,9H,2H2,1H3/t9-/m0/s1. The summed E-state index contributed by atoms with van der Waals surface area (Å²) in [5.74, 6) is -0.684. The molecule has 0 unspecified atom stereocenters. The Hall–Kier alpha value is -0.900. The van der Waals surface area contributed by atoms with Gasteiger partial charge >= 0.3 is 5.97 Å². The number of hydrogen-bond acceptors (Lipinski definition) is 2. The quantitative estimate of drug-likeness (QED) is 0.617. The number of benzene rings is 1. The number of alkyl halides is 1. The Kier molecular flexibility index (Phi) is 4.07. The predicted octanol–water partition coefficient (Wildman–Crippen LogP) is 2.82. The van der Waals surface area contributed by atoms with Gasteiger partial charge in [0.05, 0.1) is 6.61 Å². The van der Waals surface area contributed by atoms with Crippen LogP contribution in [0.15, 0.2) is 24.3 Å². The van der Waals surface area contributed by atoms with Gasteiger partial charge in [0.15, 0.2) is 0 Å². The molecule has 0 fully saturated rings. The SMILES string of the molecule is CCOC(=O)[C@@H](Br)c1ccc(F)cc1. The summed E-state index contributed by atoms with van der Waals surface area (Å²) in [5.41, 5.74) is 0.685. The van der Waals surface area contributed by atoms with Crippen LogP contribution in [0.2, 0.25) is 0 Å². The van der Waals surface area contributed by atoms with Crippen molar-refractivity contribution in [3.63, 3.8) is 0 Å². The third kappa shape index (κ3) is 2.80. The van der Waals surface area contributed by atoms with E-state index in [1.165, 1.54) is 12.1 Å². The van der Waals surface area contributed by atoms with E-state index in [2.05, 4.69) is 15.9 Å². The zero-order chi connectivity index (χ0) is 10.6. The molecule has 2 nitrogen and oxygen atoms in total. The molecule has 76 valence electrons. The monoisotopic (exact) mass is 260 g/mol. The summed E-state index contributed by atoms with van der Waals surface area (Å²) in [4.78, 5) is 10.7. The molecule has 0 aliphatic carbocycles. The first-order chi connectivity index (χ1) is 6.65. The average molecular weight is 261 g/mol. The first kappa shape index (κ1) is 11.2. The number of carbonyl (C=O) groups excluding carboxylic acids is 1. The van der Waals surface area contributed by atoms with E-state index in [1.54, 1.807) is 19.1 Å². The lowest BCUT2D eigenvalue weighted by Crippen LogP contribution is -2.10. The number of halogens is 2. The first-order valence-electron chi connectivity index (χ1n) is 4.21. The highest BCUT2D eigenvalue weighted by atomic mass is 79.9. The van der Waals surface area contributed by atoms with Crippen molar-refractivity contribution in [2.45, 2.75) is 11.8 Å². The van der Waals surface area contributed by atoms with Gasteiger partial charge in [0.1, 0.15) is 10.6 Å². The van der Waals surface area contributed by atoms with Gasteiger partial charge < -0.3 is 4.74 Å². The van der Waals surface area contributed by atoms with Gasteiger partial charge in [-0.05, 0) is 24.6 Å². The number of ether oxygens (including phenoxy) is 1. The fourth-order valence-corrected chi connectivity index (χ4v) is 1.42.